The molecule has 1 aromatic carbocycles. The van der Waals surface area contributed by atoms with Gasteiger partial charge in [0.15, 0.2) is 0 Å². The van der Waals surface area contributed by atoms with E-state index in [1.807, 2.05) is 19.1 Å². The minimum atomic E-state index is 0.557. The van der Waals surface area contributed by atoms with Crippen LogP contribution in [0.5, 0.6) is 0 Å². The number of hydrogen-bond acceptors (Lipinski definition) is 2. The zero-order valence-electron chi connectivity index (χ0n) is 15.6. The SMILES string of the molecule is C=C1/C=C\C(OC)=C/CC(=C)/C(=C(C)\C=C(/C)c2ccc(C)cc2)O1. The number of aryl methyl sites for hydroxylation is 1. The molecule has 25 heavy (non-hydrogen) atoms. The molecular weight excluding hydrogens is 308 g/mol. The van der Waals surface area contributed by atoms with Gasteiger partial charge in [0, 0.05) is 0 Å². The third kappa shape index (κ3) is 5.12. The van der Waals surface area contributed by atoms with E-state index < -0.39 is 0 Å². The maximum atomic E-state index is 5.96. The van der Waals surface area contributed by atoms with E-state index in [9.17, 15) is 0 Å². The summed E-state index contributed by atoms with van der Waals surface area (Å²) in [6.07, 6.45) is 8.43. The van der Waals surface area contributed by atoms with Gasteiger partial charge >= 0.3 is 0 Å². The number of hydrogen-bond donors (Lipinski definition) is 0. The predicted octanol–water partition coefficient (Wildman–Crippen LogP) is 6.25. The van der Waals surface area contributed by atoms with E-state index in [4.69, 9.17) is 9.47 Å². The summed E-state index contributed by atoms with van der Waals surface area (Å²) in [7, 11) is 1.65. The van der Waals surface area contributed by atoms with Gasteiger partial charge < -0.3 is 9.47 Å². The third-order valence-corrected chi connectivity index (χ3v) is 4.07. The van der Waals surface area contributed by atoms with Crippen LogP contribution in [-0.2, 0) is 9.47 Å². The van der Waals surface area contributed by atoms with E-state index in [2.05, 4.69) is 57.3 Å². The normalized spacial score (nSPS) is 21.3. The molecule has 0 aliphatic carbocycles. The summed E-state index contributed by atoms with van der Waals surface area (Å²) < 4.78 is 11.3. The van der Waals surface area contributed by atoms with Crippen LogP contribution < -0.4 is 0 Å². The van der Waals surface area contributed by atoms with Crippen molar-refractivity contribution in [3.05, 3.63) is 101 Å². The molecule has 2 rings (SSSR count). The van der Waals surface area contributed by atoms with E-state index in [1.54, 1.807) is 13.2 Å². The lowest BCUT2D eigenvalue weighted by Gasteiger charge is -2.14. The Morgan fingerprint density at radius 2 is 1.80 bits per heavy atom. The smallest absolute Gasteiger partial charge is 0.133 e. The Balaban J connectivity index is 2.37. The Kier molecular flexibility index (Phi) is 6.24. The average Bonchev–Trinajstić information content (AvgIpc) is 2.66. The summed E-state index contributed by atoms with van der Waals surface area (Å²) in [6, 6.07) is 8.50. The standard InChI is InChI=1S/C23H26O2/c1-16-7-11-21(12-8-16)18(3)15-19(4)23-17(2)9-13-22(24-6)14-10-20(5)25-23/h7-8,10-15H,2,5,9H2,1,3-4,6H3/b14-10-,18-15+,22-13+,23-19+. The van der Waals surface area contributed by atoms with Crippen LogP contribution in [0.15, 0.2) is 90.2 Å². The van der Waals surface area contributed by atoms with Crippen LogP contribution in [0, 0.1) is 6.92 Å². The molecule has 0 saturated heterocycles. The summed E-state index contributed by atoms with van der Waals surface area (Å²) >= 11 is 0. The minimum absolute atomic E-state index is 0.557. The highest BCUT2D eigenvalue weighted by Crippen LogP contribution is 2.27. The number of methoxy groups -OCH3 is 1. The predicted molar refractivity (Wildman–Crippen MR) is 106 cm³/mol. The van der Waals surface area contributed by atoms with Crippen molar-refractivity contribution in [2.75, 3.05) is 7.11 Å². The minimum Gasteiger partial charge on any atom is -0.497 e. The van der Waals surface area contributed by atoms with Gasteiger partial charge in [0.05, 0.1) is 7.11 Å². The van der Waals surface area contributed by atoms with Gasteiger partial charge in [-0.3, -0.25) is 0 Å². The molecule has 2 nitrogen and oxygen atoms in total. The highest BCUT2D eigenvalue weighted by molar-refractivity contribution is 5.67. The summed E-state index contributed by atoms with van der Waals surface area (Å²) in [6.45, 7) is 14.4. The molecule has 1 heterocycles. The Morgan fingerprint density at radius 1 is 1.12 bits per heavy atom. The lowest BCUT2D eigenvalue weighted by molar-refractivity contribution is 0.305. The molecule has 0 unspecified atom stereocenters. The fraction of sp³-hybridized carbons (Fsp3) is 0.217. The van der Waals surface area contributed by atoms with Crippen molar-refractivity contribution < 1.29 is 9.47 Å². The molecule has 0 amide bonds. The lowest BCUT2D eigenvalue weighted by Crippen LogP contribution is -1.97. The quantitative estimate of drug-likeness (QED) is 0.650. The molecule has 0 radical (unpaired) electrons. The van der Waals surface area contributed by atoms with Crippen molar-refractivity contribution in [2.45, 2.75) is 27.2 Å². The topological polar surface area (TPSA) is 18.5 Å². The molecule has 0 fully saturated rings. The summed E-state index contributed by atoms with van der Waals surface area (Å²) in [5.41, 5.74) is 5.54. The van der Waals surface area contributed by atoms with Crippen LogP contribution in [0.2, 0.25) is 0 Å². The maximum Gasteiger partial charge on any atom is 0.133 e. The van der Waals surface area contributed by atoms with E-state index in [1.165, 1.54) is 16.7 Å². The number of allylic oxidation sites excluding steroid dienone is 7. The van der Waals surface area contributed by atoms with E-state index in [-0.39, 0.29) is 0 Å². The van der Waals surface area contributed by atoms with Crippen LogP contribution >= 0.6 is 0 Å². The Hall–Kier alpha value is -2.74. The largest absolute Gasteiger partial charge is 0.497 e. The molecule has 1 aliphatic rings. The Bertz CT molecular complexity index is 784. The summed E-state index contributed by atoms with van der Waals surface area (Å²) in [5, 5.41) is 0. The molecule has 1 aliphatic heterocycles. The number of ether oxygens (including phenoxy) is 2. The van der Waals surface area contributed by atoms with Crippen LogP contribution in [0.3, 0.4) is 0 Å². The molecule has 0 bridgehead atoms. The number of benzene rings is 1. The highest BCUT2D eigenvalue weighted by Gasteiger charge is 2.11. The van der Waals surface area contributed by atoms with Gasteiger partial charge in [0.25, 0.3) is 0 Å². The van der Waals surface area contributed by atoms with Crippen LogP contribution in [0.25, 0.3) is 5.57 Å². The molecule has 0 spiro atoms. The molecular formula is C23H26O2. The van der Waals surface area contributed by atoms with Crippen molar-refractivity contribution in [3.8, 4) is 0 Å². The molecule has 0 aromatic heterocycles. The first-order valence-corrected chi connectivity index (χ1v) is 8.34. The van der Waals surface area contributed by atoms with Crippen molar-refractivity contribution in [3.63, 3.8) is 0 Å². The van der Waals surface area contributed by atoms with E-state index >= 15 is 0 Å². The fourth-order valence-electron chi connectivity index (χ4n) is 2.60. The lowest BCUT2D eigenvalue weighted by atomic mass is 10.0. The monoisotopic (exact) mass is 334 g/mol. The first kappa shape index (κ1) is 18.6. The molecule has 130 valence electrons. The van der Waals surface area contributed by atoms with Gasteiger partial charge in [0.1, 0.15) is 17.3 Å². The van der Waals surface area contributed by atoms with Gasteiger partial charge in [-0.05, 0) is 67.7 Å². The van der Waals surface area contributed by atoms with Gasteiger partial charge in [-0.2, -0.15) is 0 Å². The first-order chi connectivity index (χ1) is 11.9. The zero-order valence-corrected chi connectivity index (χ0v) is 15.6. The highest BCUT2D eigenvalue weighted by atomic mass is 16.5. The third-order valence-electron chi connectivity index (χ3n) is 4.07. The second-order valence-electron chi connectivity index (χ2n) is 6.23. The van der Waals surface area contributed by atoms with Crippen molar-refractivity contribution in [1.82, 2.24) is 0 Å². The fourth-order valence-corrected chi connectivity index (χ4v) is 2.60. The van der Waals surface area contributed by atoms with Crippen molar-refractivity contribution >= 4 is 5.57 Å². The molecule has 0 atom stereocenters. The summed E-state index contributed by atoms with van der Waals surface area (Å²) in [4.78, 5) is 0. The Labute approximate surface area is 151 Å². The maximum absolute atomic E-state index is 5.96. The van der Waals surface area contributed by atoms with Crippen LogP contribution in [0.4, 0.5) is 0 Å². The molecule has 2 heteroatoms. The van der Waals surface area contributed by atoms with E-state index in [0.717, 1.165) is 22.7 Å². The molecule has 1 aromatic rings. The first-order valence-electron chi connectivity index (χ1n) is 8.34. The van der Waals surface area contributed by atoms with E-state index in [0.29, 0.717) is 12.2 Å². The van der Waals surface area contributed by atoms with Gasteiger partial charge in [-0.25, -0.2) is 0 Å². The molecule has 0 N–H and O–H groups in total. The van der Waals surface area contributed by atoms with Crippen LogP contribution in [0.1, 0.15) is 31.4 Å². The second-order valence-corrected chi connectivity index (χ2v) is 6.23. The molecule has 0 saturated carbocycles. The zero-order chi connectivity index (χ0) is 18.4. The second kappa shape index (κ2) is 8.39. The van der Waals surface area contributed by atoms with Gasteiger partial charge in [0.2, 0.25) is 0 Å². The number of rotatable bonds is 3. The Morgan fingerprint density at radius 3 is 2.44 bits per heavy atom. The summed E-state index contributed by atoms with van der Waals surface area (Å²) in [5.74, 6) is 2.09. The van der Waals surface area contributed by atoms with Crippen molar-refractivity contribution in [2.24, 2.45) is 0 Å². The van der Waals surface area contributed by atoms with Crippen molar-refractivity contribution in [1.29, 1.82) is 0 Å². The van der Waals surface area contributed by atoms with Gasteiger partial charge in [-0.15, -0.1) is 0 Å². The van der Waals surface area contributed by atoms with Crippen LogP contribution in [-0.4, -0.2) is 7.11 Å². The van der Waals surface area contributed by atoms with Gasteiger partial charge in [-0.1, -0.05) is 49.1 Å². The average molecular weight is 334 g/mol.